The van der Waals surface area contributed by atoms with E-state index in [0.717, 1.165) is 24.1 Å². The van der Waals surface area contributed by atoms with Crippen LogP contribution in [0.2, 0.25) is 5.02 Å². The molecule has 0 spiro atoms. The summed E-state index contributed by atoms with van der Waals surface area (Å²) in [7, 11) is 0. The molecule has 0 atom stereocenters. The molecule has 0 aliphatic rings. The highest BCUT2D eigenvalue weighted by atomic mass is 35.5. The van der Waals surface area contributed by atoms with Crippen LogP contribution in [0.25, 0.3) is 0 Å². The van der Waals surface area contributed by atoms with Gasteiger partial charge in [-0.2, -0.15) is 0 Å². The molecular formula is C15H12ClF2NO. The van der Waals surface area contributed by atoms with Crippen LogP contribution in [0.1, 0.15) is 22.8 Å². The van der Waals surface area contributed by atoms with Crippen LogP contribution in [-0.2, 0) is 6.42 Å². The molecule has 0 heterocycles. The SMILES string of the molecule is CCc1ccccc1NC(=O)c1cc(F)c(F)cc1Cl. The van der Waals surface area contributed by atoms with Gasteiger partial charge < -0.3 is 5.32 Å². The predicted octanol–water partition coefficient (Wildman–Crippen LogP) is 4.43. The van der Waals surface area contributed by atoms with E-state index in [9.17, 15) is 13.6 Å². The molecule has 0 fully saturated rings. The van der Waals surface area contributed by atoms with E-state index in [1.807, 2.05) is 19.1 Å². The number of benzene rings is 2. The lowest BCUT2D eigenvalue weighted by atomic mass is 10.1. The van der Waals surface area contributed by atoms with Crippen LogP contribution in [0.5, 0.6) is 0 Å². The molecule has 1 N–H and O–H groups in total. The molecule has 0 unspecified atom stereocenters. The molecule has 0 aromatic heterocycles. The number of anilines is 1. The van der Waals surface area contributed by atoms with Gasteiger partial charge in [-0.3, -0.25) is 4.79 Å². The topological polar surface area (TPSA) is 29.1 Å². The predicted molar refractivity (Wildman–Crippen MR) is 75.1 cm³/mol. The van der Waals surface area contributed by atoms with E-state index < -0.39 is 17.5 Å². The maximum absolute atomic E-state index is 13.2. The molecule has 2 aromatic rings. The smallest absolute Gasteiger partial charge is 0.257 e. The minimum absolute atomic E-state index is 0.100. The normalized spacial score (nSPS) is 10.4. The molecule has 0 bridgehead atoms. The van der Waals surface area contributed by atoms with Crippen molar-refractivity contribution in [3.63, 3.8) is 0 Å². The summed E-state index contributed by atoms with van der Waals surface area (Å²) in [5.41, 5.74) is 1.47. The van der Waals surface area contributed by atoms with Gasteiger partial charge in [0.15, 0.2) is 11.6 Å². The molecule has 5 heteroatoms. The number of nitrogens with one attached hydrogen (secondary N) is 1. The standard InChI is InChI=1S/C15H12ClF2NO/c1-2-9-5-3-4-6-14(9)19-15(20)10-7-12(17)13(18)8-11(10)16/h3-8H,2H2,1H3,(H,19,20). The first-order chi connectivity index (χ1) is 9.52. The third-order valence-electron chi connectivity index (χ3n) is 2.90. The Labute approximate surface area is 120 Å². The molecule has 0 aliphatic heterocycles. The van der Waals surface area contributed by atoms with Crippen LogP contribution in [0.4, 0.5) is 14.5 Å². The summed E-state index contributed by atoms with van der Waals surface area (Å²) in [6.07, 6.45) is 0.738. The van der Waals surface area contributed by atoms with Crippen molar-refractivity contribution in [3.05, 3.63) is 64.2 Å². The van der Waals surface area contributed by atoms with Gasteiger partial charge in [0.05, 0.1) is 10.6 Å². The maximum atomic E-state index is 13.2. The molecule has 20 heavy (non-hydrogen) atoms. The van der Waals surface area contributed by atoms with E-state index in [1.54, 1.807) is 12.1 Å². The Kier molecular flexibility index (Phi) is 4.35. The Morgan fingerprint density at radius 1 is 1.20 bits per heavy atom. The van der Waals surface area contributed by atoms with Gasteiger partial charge in [0.2, 0.25) is 0 Å². The third-order valence-corrected chi connectivity index (χ3v) is 3.21. The Balaban J connectivity index is 2.31. The van der Waals surface area contributed by atoms with E-state index in [2.05, 4.69) is 5.32 Å². The summed E-state index contributed by atoms with van der Waals surface area (Å²) in [4.78, 5) is 12.1. The maximum Gasteiger partial charge on any atom is 0.257 e. The molecule has 2 nitrogen and oxygen atoms in total. The minimum atomic E-state index is -1.11. The zero-order chi connectivity index (χ0) is 14.7. The van der Waals surface area contributed by atoms with Crippen molar-refractivity contribution in [2.45, 2.75) is 13.3 Å². The van der Waals surface area contributed by atoms with Gasteiger partial charge in [-0.25, -0.2) is 8.78 Å². The van der Waals surface area contributed by atoms with Crippen molar-refractivity contribution >= 4 is 23.2 Å². The number of hydrogen-bond donors (Lipinski definition) is 1. The molecule has 2 aromatic carbocycles. The van der Waals surface area contributed by atoms with Crippen molar-refractivity contribution in [2.75, 3.05) is 5.32 Å². The van der Waals surface area contributed by atoms with E-state index in [0.29, 0.717) is 5.69 Å². The summed E-state index contributed by atoms with van der Waals surface area (Å²) < 4.78 is 26.2. The highest BCUT2D eigenvalue weighted by Crippen LogP contribution is 2.22. The highest BCUT2D eigenvalue weighted by molar-refractivity contribution is 6.34. The van der Waals surface area contributed by atoms with E-state index in [4.69, 9.17) is 11.6 Å². The van der Waals surface area contributed by atoms with Crippen molar-refractivity contribution in [1.29, 1.82) is 0 Å². The van der Waals surface area contributed by atoms with Crippen molar-refractivity contribution in [1.82, 2.24) is 0 Å². The molecule has 0 saturated carbocycles. The monoisotopic (exact) mass is 295 g/mol. The Morgan fingerprint density at radius 2 is 1.85 bits per heavy atom. The van der Waals surface area contributed by atoms with Gasteiger partial charge in [-0.15, -0.1) is 0 Å². The first kappa shape index (κ1) is 14.5. The summed E-state index contributed by atoms with van der Waals surface area (Å²) >= 11 is 5.77. The van der Waals surface area contributed by atoms with Crippen LogP contribution in [0.15, 0.2) is 36.4 Å². The number of rotatable bonds is 3. The number of carbonyl (C=O) groups is 1. The van der Waals surface area contributed by atoms with E-state index in [1.165, 1.54) is 0 Å². The Morgan fingerprint density at radius 3 is 2.55 bits per heavy atom. The Hall–Kier alpha value is -1.94. The van der Waals surface area contributed by atoms with Gasteiger partial charge >= 0.3 is 0 Å². The van der Waals surface area contributed by atoms with Crippen LogP contribution in [0, 0.1) is 11.6 Å². The average molecular weight is 296 g/mol. The van der Waals surface area contributed by atoms with Gasteiger partial charge in [-0.05, 0) is 30.2 Å². The summed E-state index contributed by atoms with van der Waals surface area (Å²) in [6, 6.07) is 8.84. The number of carbonyl (C=O) groups excluding carboxylic acids is 1. The average Bonchev–Trinajstić information content (AvgIpc) is 2.43. The van der Waals surface area contributed by atoms with E-state index in [-0.39, 0.29) is 10.6 Å². The summed E-state index contributed by atoms with van der Waals surface area (Å²) in [5.74, 6) is -2.77. The summed E-state index contributed by atoms with van der Waals surface area (Å²) in [6.45, 7) is 1.95. The zero-order valence-electron chi connectivity index (χ0n) is 10.7. The van der Waals surface area contributed by atoms with Crippen molar-refractivity contribution in [2.24, 2.45) is 0 Å². The fourth-order valence-electron chi connectivity index (χ4n) is 1.84. The number of amides is 1. The first-order valence-corrected chi connectivity index (χ1v) is 6.44. The molecule has 0 saturated heterocycles. The molecular weight excluding hydrogens is 284 g/mol. The lowest BCUT2D eigenvalue weighted by Gasteiger charge is -2.10. The highest BCUT2D eigenvalue weighted by Gasteiger charge is 2.15. The fourth-order valence-corrected chi connectivity index (χ4v) is 2.07. The number of aryl methyl sites for hydroxylation is 1. The number of halogens is 3. The second kappa shape index (κ2) is 6.01. The van der Waals surface area contributed by atoms with Crippen LogP contribution in [-0.4, -0.2) is 5.91 Å². The van der Waals surface area contributed by atoms with Gasteiger partial charge in [0.1, 0.15) is 0 Å². The number of hydrogen-bond acceptors (Lipinski definition) is 1. The molecule has 0 radical (unpaired) electrons. The third kappa shape index (κ3) is 2.96. The van der Waals surface area contributed by atoms with E-state index >= 15 is 0 Å². The molecule has 0 aliphatic carbocycles. The van der Waals surface area contributed by atoms with Gasteiger partial charge in [-0.1, -0.05) is 36.7 Å². The zero-order valence-corrected chi connectivity index (χ0v) is 11.5. The quantitative estimate of drug-likeness (QED) is 0.834. The van der Waals surface area contributed by atoms with Crippen LogP contribution < -0.4 is 5.32 Å². The first-order valence-electron chi connectivity index (χ1n) is 6.06. The van der Waals surface area contributed by atoms with Gasteiger partial charge in [0.25, 0.3) is 5.91 Å². The second-order valence-corrected chi connectivity index (χ2v) is 4.62. The summed E-state index contributed by atoms with van der Waals surface area (Å²) in [5, 5.41) is 2.52. The molecule has 1 amide bonds. The number of para-hydroxylation sites is 1. The lowest BCUT2D eigenvalue weighted by Crippen LogP contribution is -2.14. The fraction of sp³-hybridized carbons (Fsp3) is 0.133. The second-order valence-electron chi connectivity index (χ2n) is 4.21. The molecule has 2 rings (SSSR count). The minimum Gasteiger partial charge on any atom is -0.322 e. The van der Waals surface area contributed by atoms with Crippen LogP contribution in [0.3, 0.4) is 0 Å². The largest absolute Gasteiger partial charge is 0.322 e. The Bertz CT molecular complexity index is 658. The molecule has 104 valence electrons. The van der Waals surface area contributed by atoms with Gasteiger partial charge in [0, 0.05) is 5.69 Å². The van der Waals surface area contributed by atoms with Crippen LogP contribution >= 0.6 is 11.6 Å². The van der Waals surface area contributed by atoms with Crippen molar-refractivity contribution in [3.8, 4) is 0 Å². The lowest BCUT2D eigenvalue weighted by molar-refractivity contribution is 0.102. The van der Waals surface area contributed by atoms with Crippen molar-refractivity contribution < 1.29 is 13.6 Å².